The van der Waals surface area contributed by atoms with Crippen molar-refractivity contribution in [3.63, 3.8) is 0 Å². The molecule has 2 aromatic heterocycles. The van der Waals surface area contributed by atoms with Crippen LogP contribution in [0, 0.1) is 6.92 Å². The van der Waals surface area contributed by atoms with Gasteiger partial charge in [0.15, 0.2) is 0 Å². The molecule has 1 unspecified atom stereocenters. The van der Waals surface area contributed by atoms with Gasteiger partial charge in [-0.25, -0.2) is 0 Å². The normalized spacial score (nSPS) is 17.1. The Bertz CT molecular complexity index is 831. The van der Waals surface area contributed by atoms with E-state index < -0.39 is 0 Å². The quantitative estimate of drug-likeness (QED) is 0.789. The minimum Gasteiger partial charge on any atom is -0.467 e. The number of hydrogen-bond acceptors (Lipinski definition) is 3. The Morgan fingerprint density at radius 1 is 1.23 bits per heavy atom. The van der Waals surface area contributed by atoms with Crippen molar-refractivity contribution in [3.05, 3.63) is 65.2 Å². The molecule has 0 saturated heterocycles. The first-order valence-corrected chi connectivity index (χ1v) is 7.12. The van der Waals surface area contributed by atoms with Gasteiger partial charge < -0.3 is 9.32 Å². The van der Waals surface area contributed by atoms with Gasteiger partial charge in [0.05, 0.1) is 12.0 Å². The van der Waals surface area contributed by atoms with Crippen LogP contribution in [0.25, 0.3) is 11.3 Å². The predicted molar refractivity (Wildman–Crippen MR) is 81.4 cm³/mol. The third-order valence-electron chi connectivity index (χ3n) is 4.14. The van der Waals surface area contributed by atoms with Gasteiger partial charge >= 0.3 is 0 Å². The van der Waals surface area contributed by atoms with Crippen LogP contribution in [0.4, 0.5) is 0 Å². The molecule has 5 nitrogen and oxygen atoms in total. The van der Waals surface area contributed by atoms with E-state index in [9.17, 15) is 4.79 Å². The standard InChI is InChI=1S/C17H15N3O2/c1-10-5-7-11(8-6-10)14-13-15(19-18-14)17(21)20(2)16(13)12-4-3-9-22-12/h3-9,16H,1-2H3,(H,18,19). The highest BCUT2D eigenvalue weighted by Crippen LogP contribution is 2.41. The summed E-state index contributed by atoms with van der Waals surface area (Å²) >= 11 is 0. The lowest BCUT2D eigenvalue weighted by Crippen LogP contribution is -2.24. The minimum absolute atomic E-state index is 0.0674. The van der Waals surface area contributed by atoms with Gasteiger partial charge in [0.25, 0.3) is 5.91 Å². The lowest BCUT2D eigenvalue weighted by Gasteiger charge is -2.19. The maximum atomic E-state index is 12.4. The van der Waals surface area contributed by atoms with Gasteiger partial charge in [0.1, 0.15) is 17.5 Å². The number of rotatable bonds is 2. The Morgan fingerprint density at radius 2 is 2.00 bits per heavy atom. The summed E-state index contributed by atoms with van der Waals surface area (Å²) in [6.07, 6.45) is 1.62. The molecule has 1 aromatic carbocycles. The van der Waals surface area contributed by atoms with E-state index in [0.717, 1.165) is 22.6 Å². The molecule has 3 heterocycles. The summed E-state index contributed by atoms with van der Waals surface area (Å²) in [7, 11) is 1.78. The van der Waals surface area contributed by atoms with Gasteiger partial charge in [-0.05, 0) is 19.1 Å². The first-order chi connectivity index (χ1) is 10.7. The van der Waals surface area contributed by atoms with Gasteiger partial charge in [0, 0.05) is 18.2 Å². The first-order valence-electron chi connectivity index (χ1n) is 7.12. The fourth-order valence-corrected chi connectivity index (χ4v) is 2.98. The Balaban J connectivity index is 1.90. The first kappa shape index (κ1) is 12.9. The average Bonchev–Trinajstić information content (AvgIpc) is 3.21. The van der Waals surface area contributed by atoms with Crippen molar-refractivity contribution < 1.29 is 9.21 Å². The summed E-state index contributed by atoms with van der Waals surface area (Å²) in [4.78, 5) is 14.1. The number of benzene rings is 1. The topological polar surface area (TPSA) is 62.1 Å². The number of carbonyl (C=O) groups excluding carboxylic acids is 1. The molecule has 22 heavy (non-hydrogen) atoms. The Labute approximate surface area is 127 Å². The number of amides is 1. The summed E-state index contributed by atoms with van der Waals surface area (Å²) in [5.41, 5.74) is 4.40. The van der Waals surface area contributed by atoms with Crippen LogP contribution in [-0.2, 0) is 0 Å². The number of nitrogens with zero attached hydrogens (tertiary/aromatic N) is 2. The molecule has 0 bridgehead atoms. The summed E-state index contributed by atoms with van der Waals surface area (Å²) in [6, 6.07) is 11.6. The van der Waals surface area contributed by atoms with Crippen molar-refractivity contribution in [1.82, 2.24) is 15.1 Å². The summed E-state index contributed by atoms with van der Waals surface area (Å²) < 4.78 is 5.54. The molecule has 1 aliphatic heterocycles. The van der Waals surface area contributed by atoms with Crippen LogP contribution in [-0.4, -0.2) is 28.1 Å². The van der Waals surface area contributed by atoms with Crippen LogP contribution in [0.3, 0.4) is 0 Å². The molecule has 0 saturated carbocycles. The second-order valence-corrected chi connectivity index (χ2v) is 5.56. The van der Waals surface area contributed by atoms with Gasteiger partial charge in [-0.2, -0.15) is 5.10 Å². The zero-order valence-corrected chi connectivity index (χ0v) is 12.3. The second kappa shape index (κ2) is 4.59. The van der Waals surface area contributed by atoms with Crippen molar-refractivity contribution in [2.24, 2.45) is 0 Å². The molecule has 0 fully saturated rings. The smallest absolute Gasteiger partial charge is 0.272 e. The highest BCUT2D eigenvalue weighted by molar-refractivity contribution is 5.99. The lowest BCUT2D eigenvalue weighted by molar-refractivity contribution is 0.0777. The molecule has 3 aromatic rings. The molecular weight excluding hydrogens is 278 g/mol. The van der Waals surface area contributed by atoms with Gasteiger partial charge in [-0.15, -0.1) is 0 Å². The van der Waals surface area contributed by atoms with Crippen molar-refractivity contribution in [3.8, 4) is 11.3 Å². The van der Waals surface area contributed by atoms with E-state index in [1.165, 1.54) is 5.56 Å². The summed E-state index contributed by atoms with van der Waals surface area (Å²) in [6.45, 7) is 2.04. The molecular formula is C17H15N3O2. The number of aromatic nitrogens is 2. The molecule has 1 N–H and O–H groups in total. The van der Waals surface area contributed by atoms with Crippen molar-refractivity contribution in [2.45, 2.75) is 13.0 Å². The number of furan rings is 1. The summed E-state index contributed by atoms with van der Waals surface area (Å²) in [5, 5.41) is 7.26. The third kappa shape index (κ3) is 1.72. The molecule has 110 valence electrons. The maximum absolute atomic E-state index is 12.4. The molecule has 1 amide bonds. The number of nitrogens with one attached hydrogen (secondary N) is 1. The van der Waals surface area contributed by atoms with E-state index in [-0.39, 0.29) is 11.9 Å². The van der Waals surface area contributed by atoms with Gasteiger partial charge in [-0.3, -0.25) is 9.89 Å². The highest BCUT2D eigenvalue weighted by Gasteiger charge is 2.41. The number of hydrogen-bond donors (Lipinski definition) is 1. The molecule has 4 rings (SSSR count). The second-order valence-electron chi connectivity index (χ2n) is 5.56. The molecule has 0 radical (unpaired) electrons. The van der Waals surface area contributed by atoms with E-state index in [0.29, 0.717) is 5.69 Å². The molecule has 0 aliphatic carbocycles. The van der Waals surface area contributed by atoms with Crippen molar-refractivity contribution >= 4 is 5.91 Å². The van der Waals surface area contributed by atoms with Crippen LogP contribution < -0.4 is 0 Å². The Morgan fingerprint density at radius 3 is 2.68 bits per heavy atom. The molecule has 1 atom stereocenters. The molecule has 0 spiro atoms. The van der Waals surface area contributed by atoms with Gasteiger partial charge in [-0.1, -0.05) is 29.8 Å². The fourth-order valence-electron chi connectivity index (χ4n) is 2.98. The number of H-pyrrole nitrogens is 1. The lowest BCUT2D eigenvalue weighted by atomic mass is 10.00. The van der Waals surface area contributed by atoms with Crippen LogP contribution in [0.5, 0.6) is 0 Å². The molecule has 1 aliphatic rings. The van der Waals surface area contributed by atoms with Gasteiger partial charge in [0.2, 0.25) is 0 Å². The van der Waals surface area contributed by atoms with E-state index in [1.54, 1.807) is 18.2 Å². The Hall–Kier alpha value is -2.82. The highest BCUT2D eigenvalue weighted by atomic mass is 16.3. The van der Waals surface area contributed by atoms with E-state index in [2.05, 4.69) is 10.2 Å². The van der Waals surface area contributed by atoms with E-state index in [1.807, 2.05) is 43.3 Å². The van der Waals surface area contributed by atoms with E-state index in [4.69, 9.17) is 4.42 Å². The third-order valence-corrected chi connectivity index (χ3v) is 4.14. The van der Waals surface area contributed by atoms with Crippen LogP contribution in [0.1, 0.15) is 33.4 Å². The van der Waals surface area contributed by atoms with Crippen LogP contribution in [0.2, 0.25) is 0 Å². The monoisotopic (exact) mass is 293 g/mol. The average molecular weight is 293 g/mol. The molecule has 5 heteroatoms. The van der Waals surface area contributed by atoms with Crippen LogP contribution in [0.15, 0.2) is 47.1 Å². The largest absolute Gasteiger partial charge is 0.467 e. The number of fused-ring (bicyclic) bond motifs is 1. The van der Waals surface area contributed by atoms with Crippen LogP contribution >= 0.6 is 0 Å². The fraction of sp³-hybridized carbons (Fsp3) is 0.176. The number of aryl methyl sites for hydroxylation is 1. The number of aromatic amines is 1. The maximum Gasteiger partial charge on any atom is 0.272 e. The zero-order valence-electron chi connectivity index (χ0n) is 12.3. The van der Waals surface area contributed by atoms with E-state index >= 15 is 0 Å². The zero-order chi connectivity index (χ0) is 15.3. The number of carbonyl (C=O) groups is 1. The van der Waals surface area contributed by atoms with Crippen molar-refractivity contribution in [2.75, 3.05) is 7.05 Å². The summed E-state index contributed by atoms with van der Waals surface area (Å²) in [5.74, 6) is 0.673. The SMILES string of the molecule is Cc1ccc(-c2n[nH]c3c2C(c2ccco2)N(C)C3=O)cc1. The Kier molecular flexibility index (Phi) is 2.69. The minimum atomic E-state index is -0.243. The van der Waals surface area contributed by atoms with Crippen molar-refractivity contribution in [1.29, 1.82) is 0 Å². The predicted octanol–water partition coefficient (Wildman–Crippen LogP) is 3.15.